The molecule has 2 N–H and O–H groups in total. The Labute approximate surface area is 120 Å². The van der Waals surface area contributed by atoms with E-state index in [4.69, 9.17) is 0 Å². The number of hydrogen-bond donors (Lipinski definition) is 2. The number of benzene rings is 1. The summed E-state index contributed by atoms with van der Waals surface area (Å²) in [5.41, 5.74) is 1.29. The smallest absolute Gasteiger partial charge is 0.226 e. The molecule has 0 aliphatic carbocycles. The molecule has 5 nitrogen and oxygen atoms in total. The highest BCUT2D eigenvalue weighted by atomic mass is 79.9. The normalized spacial score (nSPS) is 10.4. The first-order valence-electron chi connectivity index (χ1n) is 6.14. The molecule has 0 aliphatic rings. The lowest BCUT2D eigenvalue weighted by molar-refractivity contribution is -0.116. The third-order valence-corrected chi connectivity index (χ3v) is 3.23. The summed E-state index contributed by atoms with van der Waals surface area (Å²) in [6, 6.07) is 8.26. The summed E-state index contributed by atoms with van der Waals surface area (Å²) >= 11 is 3.41. The fourth-order valence-electron chi connectivity index (χ4n) is 1.73. The molecule has 0 radical (unpaired) electrons. The lowest BCUT2D eigenvalue weighted by Crippen LogP contribution is -2.12. The topological polar surface area (TPSA) is 70.7 Å². The van der Waals surface area contributed by atoms with Gasteiger partial charge in [-0.1, -0.05) is 28.1 Å². The number of hydrogen-bond acceptors (Lipinski definition) is 3. The summed E-state index contributed by atoms with van der Waals surface area (Å²) < 4.78 is 1.09. The van der Waals surface area contributed by atoms with Crippen molar-refractivity contribution in [2.45, 2.75) is 25.7 Å². The molecule has 0 unspecified atom stereocenters. The third-order valence-electron chi connectivity index (χ3n) is 2.71. The predicted molar refractivity (Wildman–Crippen MR) is 76.7 cm³/mol. The van der Waals surface area contributed by atoms with Gasteiger partial charge < -0.3 is 0 Å². The summed E-state index contributed by atoms with van der Waals surface area (Å²) in [7, 11) is 0. The summed E-state index contributed by atoms with van der Waals surface area (Å²) in [5, 5.41) is 8.91. The molecule has 2 aromatic rings. The zero-order valence-corrected chi connectivity index (χ0v) is 12.0. The van der Waals surface area contributed by atoms with Crippen molar-refractivity contribution >= 4 is 27.8 Å². The van der Waals surface area contributed by atoms with Crippen molar-refractivity contribution in [1.29, 1.82) is 0 Å². The second-order valence-corrected chi connectivity index (χ2v) is 5.13. The molecule has 0 saturated carbocycles. The highest BCUT2D eigenvalue weighted by molar-refractivity contribution is 9.10. The molecule has 0 spiro atoms. The highest BCUT2D eigenvalue weighted by Gasteiger charge is 2.03. The maximum Gasteiger partial charge on any atom is 0.226 e. The van der Waals surface area contributed by atoms with Crippen molar-refractivity contribution in [1.82, 2.24) is 15.2 Å². The first-order chi connectivity index (χ1) is 9.24. The Bertz CT molecular complexity index is 510. The van der Waals surface area contributed by atoms with E-state index in [2.05, 4.69) is 48.6 Å². The van der Waals surface area contributed by atoms with Gasteiger partial charge in [0, 0.05) is 10.9 Å². The molecule has 1 aromatic carbocycles. The van der Waals surface area contributed by atoms with Gasteiger partial charge in [-0.2, -0.15) is 10.1 Å². The Morgan fingerprint density at radius 3 is 2.74 bits per heavy atom. The van der Waals surface area contributed by atoms with Crippen LogP contribution in [0.3, 0.4) is 0 Å². The molecule has 6 heteroatoms. The van der Waals surface area contributed by atoms with E-state index < -0.39 is 0 Å². The van der Waals surface area contributed by atoms with Crippen molar-refractivity contribution in [3.63, 3.8) is 0 Å². The summed E-state index contributed by atoms with van der Waals surface area (Å²) in [5.74, 6) is 0.366. The summed E-state index contributed by atoms with van der Waals surface area (Å²) in [6.07, 6.45) is 4.70. The second kappa shape index (κ2) is 7.04. The molecule has 0 atom stereocenters. The number of halogens is 1. The largest absolute Gasteiger partial charge is 0.295 e. The van der Waals surface area contributed by atoms with Gasteiger partial charge in [0.05, 0.1) is 0 Å². The van der Waals surface area contributed by atoms with Crippen molar-refractivity contribution in [2.24, 2.45) is 0 Å². The minimum absolute atomic E-state index is 0.0347. The van der Waals surface area contributed by atoms with Crippen LogP contribution in [0.4, 0.5) is 5.95 Å². The number of aryl methyl sites for hydroxylation is 1. The van der Waals surface area contributed by atoms with Gasteiger partial charge in [-0.25, -0.2) is 5.10 Å². The number of rotatable bonds is 6. The number of anilines is 1. The lowest BCUT2D eigenvalue weighted by atomic mass is 10.1. The number of amides is 1. The SMILES string of the molecule is O=C(CCCCc1ccc(Br)cc1)Nc1ncn[nH]1. The van der Waals surface area contributed by atoms with Gasteiger partial charge in [-0.3, -0.25) is 10.1 Å². The van der Waals surface area contributed by atoms with Gasteiger partial charge in [0.1, 0.15) is 6.33 Å². The highest BCUT2D eigenvalue weighted by Crippen LogP contribution is 2.13. The fraction of sp³-hybridized carbons (Fsp3) is 0.308. The maximum absolute atomic E-state index is 11.6. The van der Waals surface area contributed by atoms with E-state index in [0.29, 0.717) is 12.4 Å². The standard InChI is InChI=1S/C13H15BrN4O/c14-11-7-5-10(6-8-11)3-1-2-4-12(19)17-13-15-9-16-18-13/h5-9H,1-4H2,(H2,15,16,17,18,19). The quantitative estimate of drug-likeness (QED) is 0.803. The fourth-order valence-corrected chi connectivity index (χ4v) is 1.99. The molecule has 0 bridgehead atoms. The van der Waals surface area contributed by atoms with Gasteiger partial charge in [-0.15, -0.1) is 0 Å². The molecule has 19 heavy (non-hydrogen) atoms. The predicted octanol–water partition coefficient (Wildman–Crippen LogP) is 2.92. The Morgan fingerprint density at radius 1 is 1.26 bits per heavy atom. The number of nitrogens with one attached hydrogen (secondary N) is 2. The monoisotopic (exact) mass is 322 g/mol. The first kappa shape index (κ1) is 13.7. The number of nitrogens with zero attached hydrogens (tertiary/aromatic N) is 2. The number of H-pyrrole nitrogens is 1. The first-order valence-corrected chi connectivity index (χ1v) is 6.93. The van der Waals surface area contributed by atoms with Crippen LogP contribution in [0.5, 0.6) is 0 Å². The minimum Gasteiger partial charge on any atom is -0.295 e. The number of unbranched alkanes of at least 4 members (excludes halogenated alkanes) is 1. The van der Waals surface area contributed by atoms with Crippen molar-refractivity contribution in [3.8, 4) is 0 Å². The molecular formula is C13H15BrN4O. The van der Waals surface area contributed by atoms with Gasteiger partial charge >= 0.3 is 0 Å². The van der Waals surface area contributed by atoms with E-state index in [0.717, 1.165) is 23.7 Å². The second-order valence-electron chi connectivity index (χ2n) is 4.22. The molecule has 0 saturated heterocycles. The Morgan fingerprint density at radius 2 is 2.05 bits per heavy atom. The molecule has 1 amide bonds. The van der Waals surface area contributed by atoms with Crippen LogP contribution in [0.15, 0.2) is 35.1 Å². The molecule has 0 fully saturated rings. The molecular weight excluding hydrogens is 308 g/mol. The lowest BCUT2D eigenvalue weighted by Gasteiger charge is -2.03. The van der Waals surface area contributed by atoms with Gasteiger partial charge in [-0.05, 0) is 37.0 Å². The van der Waals surface area contributed by atoms with E-state index in [1.807, 2.05) is 12.1 Å². The van der Waals surface area contributed by atoms with Crippen LogP contribution in [0.1, 0.15) is 24.8 Å². The molecule has 1 heterocycles. The number of carbonyl (C=O) groups excluding carboxylic acids is 1. The maximum atomic E-state index is 11.6. The van der Waals surface area contributed by atoms with Crippen molar-refractivity contribution < 1.29 is 4.79 Å². The van der Waals surface area contributed by atoms with E-state index in [1.54, 1.807) is 0 Å². The van der Waals surface area contributed by atoms with Crippen LogP contribution < -0.4 is 5.32 Å². The number of aromatic amines is 1. The van der Waals surface area contributed by atoms with Crippen LogP contribution in [0, 0.1) is 0 Å². The van der Waals surface area contributed by atoms with Crippen LogP contribution in [-0.4, -0.2) is 21.1 Å². The number of aromatic nitrogens is 3. The van der Waals surface area contributed by atoms with Crippen LogP contribution >= 0.6 is 15.9 Å². The van der Waals surface area contributed by atoms with Gasteiger partial charge in [0.25, 0.3) is 0 Å². The van der Waals surface area contributed by atoms with E-state index in [-0.39, 0.29) is 5.91 Å². The summed E-state index contributed by atoms with van der Waals surface area (Å²) in [4.78, 5) is 15.4. The average Bonchev–Trinajstić information content (AvgIpc) is 2.89. The zero-order valence-electron chi connectivity index (χ0n) is 10.4. The Hall–Kier alpha value is -1.69. The molecule has 2 rings (SSSR count). The van der Waals surface area contributed by atoms with Crippen LogP contribution in [0.2, 0.25) is 0 Å². The average molecular weight is 323 g/mol. The molecule has 1 aromatic heterocycles. The van der Waals surface area contributed by atoms with Crippen molar-refractivity contribution in [3.05, 3.63) is 40.6 Å². The minimum atomic E-state index is -0.0347. The third kappa shape index (κ3) is 4.82. The molecule has 100 valence electrons. The van der Waals surface area contributed by atoms with E-state index in [9.17, 15) is 4.79 Å². The van der Waals surface area contributed by atoms with E-state index in [1.165, 1.54) is 11.9 Å². The van der Waals surface area contributed by atoms with Crippen molar-refractivity contribution in [2.75, 3.05) is 5.32 Å². The van der Waals surface area contributed by atoms with Crippen LogP contribution in [0.25, 0.3) is 0 Å². The van der Waals surface area contributed by atoms with E-state index >= 15 is 0 Å². The van der Waals surface area contributed by atoms with Gasteiger partial charge in [0.2, 0.25) is 11.9 Å². The van der Waals surface area contributed by atoms with Gasteiger partial charge in [0.15, 0.2) is 0 Å². The molecule has 0 aliphatic heterocycles. The number of carbonyl (C=O) groups is 1. The van der Waals surface area contributed by atoms with Crippen LogP contribution in [-0.2, 0) is 11.2 Å². The Kier molecular flexibility index (Phi) is 5.09. The zero-order chi connectivity index (χ0) is 13.5. The Balaban J connectivity index is 1.64. The summed E-state index contributed by atoms with van der Waals surface area (Å²) in [6.45, 7) is 0.